The molecule has 0 radical (unpaired) electrons. The maximum Gasteiger partial charge on any atom is 0.255 e. The van der Waals surface area contributed by atoms with Crippen LogP contribution in [0.4, 0.5) is 5.69 Å². The van der Waals surface area contributed by atoms with Crippen LogP contribution in [0.5, 0.6) is 0 Å². The summed E-state index contributed by atoms with van der Waals surface area (Å²) < 4.78 is 0. The van der Waals surface area contributed by atoms with Gasteiger partial charge >= 0.3 is 0 Å². The zero-order chi connectivity index (χ0) is 20.4. The number of para-hydroxylation sites is 1. The van der Waals surface area contributed by atoms with Gasteiger partial charge in [-0.3, -0.25) is 9.78 Å². The van der Waals surface area contributed by atoms with Gasteiger partial charge in [0.25, 0.3) is 5.91 Å². The van der Waals surface area contributed by atoms with E-state index in [2.05, 4.69) is 16.8 Å². The molecule has 1 aromatic heterocycles. The number of aliphatic hydroxyl groups excluding tert-OH is 1. The van der Waals surface area contributed by atoms with E-state index in [1.54, 1.807) is 17.3 Å². The van der Waals surface area contributed by atoms with Gasteiger partial charge in [0, 0.05) is 31.2 Å². The first-order valence-corrected chi connectivity index (χ1v) is 10.3. The van der Waals surface area contributed by atoms with Crippen molar-refractivity contribution >= 4 is 23.2 Å². The summed E-state index contributed by atoms with van der Waals surface area (Å²) in [7, 11) is 0. The predicted octanol–water partition coefficient (Wildman–Crippen LogP) is 3.79. The highest BCUT2D eigenvalue weighted by atomic mass is 35.5. The normalized spacial score (nSPS) is 12.2. The van der Waals surface area contributed by atoms with Gasteiger partial charge in [0.1, 0.15) is 6.10 Å². The maximum atomic E-state index is 12.4. The molecule has 0 spiro atoms. The highest BCUT2D eigenvalue weighted by molar-refractivity contribution is 6.31. The molecule has 1 aromatic carbocycles. The third kappa shape index (κ3) is 6.89. The zero-order valence-corrected chi connectivity index (χ0v) is 17.5. The molecule has 0 aliphatic rings. The molecular weight excluding hydrogens is 374 g/mol. The lowest BCUT2D eigenvalue weighted by atomic mass is 10.1. The van der Waals surface area contributed by atoms with Crippen molar-refractivity contribution in [1.29, 1.82) is 0 Å². The number of amides is 1. The summed E-state index contributed by atoms with van der Waals surface area (Å²) in [4.78, 5) is 20.5. The Morgan fingerprint density at radius 2 is 1.86 bits per heavy atom. The fraction of sp³-hybridized carbons (Fsp3) is 0.455. The van der Waals surface area contributed by atoms with Gasteiger partial charge in [-0.25, -0.2) is 0 Å². The Morgan fingerprint density at radius 3 is 2.50 bits per heavy atom. The van der Waals surface area contributed by atoms with Crippen molar-refractivity contribution in [3.8, 4) is 0 Å². The topological polar surface area (TPSA) is 56.7 Å². The molecule has 5 nitrogen and oxygen atoms in total. The van der Waals surface area contributed by atoms with Crippen LogP contribution < -0.4 is 4.90 Å². The van der Waals surface area contributed by atoms with E-state index in [1.807, 2.05) is 36.4 Å². The Bertz CT molecular complexity index is 725. The van der Waals surface area contributed by atoms with Crippen LogP contribution in [-0.2, 0) is 11.2 Å². The van der Waals surface area contributed by atoms with E-state index in [4.69, 9.17) is 11.6 Å². The van der Waals surface area contributed by atoms with Crippen LogP contribution in [0, 0.1) is 0 Å². The molecule has 0 aliphatic heterocycles. The summed E-state index contributed by atoms with van der Waals surface area (Å²) in [6, 6.07) is 11.5. The van der Waals surface area contributed by atoms with Crippen LogP contribution in [-0.4, -0.2) is 53.2 Å². The number of aromatic nitrogens is 1. The van der Waals surface area contributed by atoms with Gasteiger partial charge in [-0.05, 0) is 63.0 Å². The fourth-order valence-corrected chi connectivity index (χ4v) is 3.33. The lowest BCUT2D eigenvalue weighted by Gasteiger charge is -2.25. The van der Waals surface area contributed by atoms with Gasteiger partial charge in [0.2, 0.25) is 0 Å². The second-order valence-electron chi connectivity index (χ2n) is 6.86. The Labute approximate surface area is 173 Å². The molecule has 6 heteroatoms. The largest absolute Gasteiger partial charge is 0.384 e. The van der Waals surface area contributed by atoms with Crippen LogP contribution in [0.25, 0.3) is 0 Å². The van der Waals surface area contributed by atoms with E-state index in [-0.39, 0.29) is 5.91 Å². The Balaban J connectivity index is 1.82. The first-order chi connectivity index (χ1) is 13.5. The molecule has 2 aromatic rings. The lowest BCUT2D eigenvalue weighted by molar-refractivity contribution is -0.125. The van der Waals surface area contributed by atoms with Gasteiger partial charge in [-0.1, -0.05) is 36.7 Å². The van der Waals surface area contributed by atoms with Crippen LogP contribution in [0.15, 0.2) is 48.8 Å². The molecule has 2 rings (SSSR count). The maximum absolute atomic E-state index is 12.4. The Morgan fingerprint density at radius 1 is 1.14 bits per heavy atom. The van der Waals surface area contributed by atoms with Gasteiger partial charge < -0.3 is 14.9 Å². The third-order valence-corrected chi connectivity index (χ3v) is 5.14. The van der Waals surface area contributed by atoms with Crippen LogP contribution in [0.1, 0.15) is 32.3 Å². The molecule has 0 fully saturated rings. The molecule has 1 atom stereocenters. The molecule has 1 unspecified atom stereocenters. The quantitative estimate of drug-likeness (QED) is 0.580. The smallest absolute Gasteiger partial charge is 0.255 e. The van der Waals surface area contributed by atoms with Gasteiger partial charge in [-0.2, -0.15) is 0 Å². The SMILES string of the molecule is CCN(CCCCN(C(=O)C(C)O)c1ccccc1)CCc1ccncc1Cl. The number of anilines is 1. The number of halogens is 1. The van der Waals surface area contributed by atoms with Gasteiger partial charge in [0.05, 0.1) is 5.02 Å². The number of nitrogens with zero attached hydrogens (tertiary/aromatic N) is 3. The number of carbonyl (C=O) groups excluding carboxylic acids is 1. The average Bonchev–Trinajstić information content (AvgIpc) is 2.71. The number of rotatable bonds is 11. The zero-order valence-electron chi connectivity index (χ0n) is 16.7. The molecule has 1 N–H and O–H groups in total. The molecule has 1 amide bonds. The van der Waals surface area contributed by atoms with E-state index >= 15 is 0 Å². The molecule has 152 valence electrons. The summed E-state index contributed by atoms with van der Waals surface area (Å²) in [5.74, 6) is -0.258. The van der Waals surface area contributed by atoms with Crippen molar-refractivity contribution in [1.82, 2.24) is 9.88 Å². The van der Waals surface area contributed by atoms with Crippen LogP contribution >= 0.6 is 11.6 Å². The minimum atomic E-state index is -1.00. The van der Waals surface area contributed by atoms with Crippen LogP contribution in [0.3, 0.4) is 0 Å². The summed E-state index contributed by atoms with van der Waals surface area (Å²) in [6.07, 6.45) is 5.21. The number of unbranched alkanes of at least 4 members (excludes halogenated alkanes) is 1. The van der Waals surface area contributed by atoms with Crippen molar-refractivity contribution in [2.45, 2.75) is 39.2 Å². The molecule has 28 heavy (non-hydrogen) atoms. The lowest BCUT2D eigenvalue weighted by Crippen LogP contribution is -2.39. The summed E-state index contributed by atoms with van der Waals surface area (Å²) >= 11 is 6.19. The second-order valence-corrected chi connectivity index (χ2v) is 7.27. The van der Waals surface area contributed by atoms with Crippen LogP contribution in [0.2, 0.25) is 5.02 Å². The van der Waals surface area contributed by atoms with E-state index < -0.39 is 6.10 Å². The number of hydrogen-bond donors (Lipinski definition) is 1. The van der Waals surface area contributed by atoms with E-state index in [0.717, 1.165) is 50.1 Å². The number of benzene rings is 1. The number of hydrogen-bond acceptors (Lipinski definition) is 4. The van der Waals surface area contributed by atoms with Crippen molar-refractivity contribution in [3.63, 3.8) is 0 Å². The highest BCUT2D eigenvalue weighted by Crippen LogP contribution is 2.16. The number of likely N-dealkylation sites (N-methyl/N-ethyl adjacent to an activating group) is 1. The number of carbonyl (C=O) groups is 1. The van der Waals surface area contributed by atoms with Crippen molar-refractivity contribution in [2.24, 2.45) is 0 Å². The minimum Gasteiger partial charge on any atom is -0.384 e. The van der Waals surface area contributed by atoms with E-state index in [1.165, 1.54) is 6.92 Å². The molecular formula is C22H30ClN3O2. The standard InChI is InChI=1S/C22H30ClN3O2/c1-3-25(16-12-19-11-13-24-17-21(19)23)14-7-8-15-26(22(28)18(2)27)20-9-5-4-6-10-20/h4-6,9-11,13,17-18,27H,3,7-8,12,14-16H2,1-2H3. The highest BCUT2D eigenvalue weighted by Gasteiger charge is 2.19. The van der Waals surface area contributed by atoms with Crippen molar-refractivity contribution in [2.75, 3.05) is 31.1 Å². The monoisotopic (exact) mass is 403 g/mol. The van der Waals surface area contributed by atoms with Gasteiger partial charge in [0.15, 0.2) is 0 Å². The molecule has 0 aliphatic carbocycles. The first-order valence-electron chi connectivity index (χ1n) is 9.88. The molecule has 0 saturated carbocycles. The summed E-state index contributed by atoms with van der Waals surface area (Å²) in [5.41, 5.74) is 1.95. The Kier molecular flexibility index (Phi) is 9.41. The third-order valence-electron chi connectivity index (χ3n) is 4.80. The fourth-order valence-electron chi connectivity index (χ4n) is 3.12. The van der Waals surface area contributed by atoms with Gasteiger partial charge in [-0.15, -0.1) is 0 Å². The van der Waals surface area contributed by atoms with Crippen molar-refractivity contribution < 1.29 is 9.90 Å². The number of pyridine rings is 1. The summed E-state index contributed by atoms with van der Waals surface area (Å²) in [5, 5.41) is 10.4. The minimum absolute atomic E-state index is 0.258. The van der Waals surface area contributed by atoms with E-state index in [0.29, 0.717) is 11.6 Å². The number of aliphatic hydroxyl groups is 1. The summed E-state index contributed by atoms with van der Waals surface area (Å²) in [6.45, 7) is 7.14. The predicted molar refractivity (Wildman–Crippen MR) is 115 cm³/mol. The Hall–Kier alpha value is -1.95. The molecule has 1 heterocycles. The van der Waals surface area contributed by atoms with Crippen molar-refractivity contribution in [3.05, 3.63) is 59.4 Å². The molecule has 0 saturated heterocycles. The second kappa shape index (κ2) is 11.8. The van der Waals surface area contributed by atoms with E-state index in [9.17, 15) is 9.90 Å². The average molecular weight is 404 g/mol. The first kappa shape index (κ1) is 22.3. The molecule has 0 bridgehead atoms.